The lowest BCUT2D eigenvalue weighted by molar-refractivity contribution is -0.385. The number of fused-ring (bicyclic) bond motifs is 1. The van der Waals surface area contributed by atoms with Crippen molar-refractivity contribution in [2.75, 3.05) is 33.5 Å². The first-order chi connectivity index (χ1) is 14.9. The fraction of sp³-hybridized carbons (Fsp3) is 0.333. The van der Waals surface area contributed by atoms with Crippen molar-refractivity contribution in [1.29, 1.82) is 0 Å². The van der Waals surface area contributed by atoms with Gasteiger partial charge in [-0.3, -0.25) is 14.9 Å². The zero-order valence-electron chi connectivity index (χ0n) is 17.0. The Morgan fingerprint density at radius 2 is 1.84 bits per heavy atom. The quantitative estimate of drug-likeness (QED) is 0.268. The second kappa shape index (κ2) is 9.79. The zero-order chi connectivity index (χ0) is 22.4. The molecule has 1 heterocycles. The van der Waals surface area contributed by atoms with Crippen molar-refractivity contribution >= 4 is 17.4 Å². The summed E-state index contributed by atoms with van der Waals surface area (Å²) in [6, 6.07) is 6.90. The topological polar surface area (TPSA) is 123 Å². The maximum Gasteiger partial charge on any atom is 0.345 e. The van der Waals surface area contributed by atoms with Gasteiger partial charge in [0.05, 0.1) is 37.9 Å². The number of ether oxygens (including phenoxy) is 5. The molecular formula is C21H21NO9. The number of hydrogen-bond donors (Lipinski definition) is 0. The highest BCUT2D eigenvalue weighted by molar-refractivity contribution is 6.01. The normalized spacial score (nSPS) is 12.5. The molecule has 0 saturated heterocycles. The fourth-order valence-electron chi connectivity index (χ4n) is 2.92. The van der Waals surface area contributed by atoms with Gasteiger partial charge in [0, 0.05) is 18.1 Å². The number of nitro groups is 1. The molecule has 0 aliphatic carbocycles. The van der Waals surface area contributed by atoms with Crippen molar-refractivity contribution in [3.63, 3.8) is 0 Å². The van der Waals surface area contributed by atoms with Gasteiger partial charge in [-0.25, -0.2) is 4.79 Å². The van der Waals surface area contributed by atoms with E-state index in [0.717, 1.165) is 12.5 Å². The van der Waals surface area contributed by atoms with E-state index in [0.29, 0.717) is 24.7 Å². The summed E-state index contributed by atoms with van der Waals surface area (Å²) < 4.78 is 26.6. The molecule has 0 unspecified atom stereocenters. The van der Waals surface area contributed by atoms with Gasteiger partial charge in [0.25, 0.3) is 5.69 Å². The maximum atomic E-state index is 12.5. The van der Waals surface area contributed by atoms with E-state index in [1.54, 1.807) is 13.0 Å². The molecule has 10 heteroatoms. The molecule has 10 nitrogen and oxygen atoms in total. The molecule has 0 amide bonds. The molecule has 0 saturated carbocycles. The van der Waals surface area contributed by atoms with Gasteiger partial charge in [-0.2, -0.15) is 0 Å². The SMILES string of the molecule is CCOc1cc(C(=O)OCC(=O)c2ccc3c(c2)OCCCO3)c([N+](=O)[O-])cc1OC. The minimum atomic E-state index is -1.03. The zero-order valence-corrected chi connectivity index (χ0v) is 17.0. The molecule has 2 aromatic carbocycles. The Balaban J connectivity index is 1.77. The molecule has 0 N–H and O–H groups in total. The minimum absolute atomic E-state index is 0.105. The number of nitro benzene ring substituents is 1. The van der Waals surface area contributed by atoms with Gasteiger partial charge in [-0.05, 0) is 25.1 Å². The van der Waals surface area contributed by atoms with Crippen molar-refractivity contribution in [1.82, 2.24) is 0 Å². The van der Waals surface area contributed by atoms with Crippen molar-refractivity contribution in [3.8, 4) is 23.0 Å². The van der Waals surface area contributed by atoms with Crippen LogP contribution in [0.5, 0.6) is 23.0 Å². The van der Waals surface area contributed by atoms with Crippen LogP contribution in [0.4, 0.5) is 5.69 Å². The third-order valence-electron chi connectivity index (χ3n) is 4.40. The van der Waals surface area contributed by atoms with Crippen LogP contribution in [0.15, 0.2) is 30.3 Å². The minimum Gasteiger partial charge on any atom is -0.493 e. The first-order valence-electron chi connectivity index (χ1n) is 9.53. The predicted octanol–water partition coefficient (Wildman–Crippen LogP) is 3.20. The van der Waals surface area contributed by atoms with Crippen LogP contribution in [0.1, 0.15) is 34.1 Å². The first kappa shape index (κ1) is 21.9. The second-order valence-electron chi connectivity index (χ2n) is 6.42. The summed E-state index contributed by atoms with van der Waals surface area (Å²) >= 11 is 0. The van der Waals surface area contributed by atoms with E-state index < -0.39 is 29.0 Å². The number of methoxy groups -OCH3 is 1. The number of ketones is 1. The van der Waals surface area contributed by atoms with Crippen LogP contribution in [0, 0.1) is 10.1 Å². The molecule has 0 spiro atoms. The first-order valence-corrected chi connectivity index (χ1v) is 9.53. The Labute approximate surface area is 177 Å². The van der Waals surface area contributed by atoms with E-state index in [9.17, 15) is 19.7 Å². The van der Waals surface area contributed by atoms with Gasteiger partial charge < -0.3 is 23.7 Å². The molecule has 0 bridgehead atoms. The van der Waals surface area contributed by atoms with Gasteiger partial charge in [-0.15, -0.1) is 0 Å². The lowest BCUT2D eigenvalue weighted by atomic mass is 10.1. The average molecular weight is 431 g/mol. The number of esters is 1. The van der Waals surface area contributed by atoms with Gasteiger partial charge in [0.1, 0.15) is 5.56 Å². The lowest BCUT2D eigenvalue weighted by Gasteiger charge is -2.12. The molecule has 3 rings (SSSR count). The highest BCUT2D eigenvalue weighted by atomic mass is 16.6. The van der Waals surface area contributed by atoms with E-state index in [-0.39, 0.29) is 29.2 Å². The van der Waals surface area contributed by atoms with E-state index in [2.05, 4.69) is 0 Å². The van der Waals surface area contributed by atoms with Crippen LogP contribution in [0.2, 0.25) is 0 Å². The van der Waals surface area contributed by atoms with E-state index in [4.69, 9.17) is 23.7 Å². The van der Waals surface area contributed by atoms with Crippen LogP contribution in [-0.2, 0) is 4.74 Å². The Hall–Kier alpha value is -3.82. The molecule has 1 aliphatic rings. The third kappa shape index (κ3) is 5.03. The summed E-state index contributed by atoms with van der Waals surface area (Å²) in [4.78, 5) is 35.7. The number of hydrogen-bond acceptors (Lipinski definition) is 9. The molecule has 0 atom stereocenters. The maximum absolute atomic E-state index is 12.5. The monoisotopic (exact) mass is 431 g/mol. The van der Waals surface area contributed by atoms with Crippen molar-refractivity contribution < 1.29 is 38.2 Å². The summed E-state index contributed by atoms with van der Waals surface area (Å²) in [5, 5.41) is 11.4. The molecule has 0 radical (unpaired) electrons. The summed E-state index contributed by atoms with van der Waals surface area (Å²) in [5.41, 5.74) is -0.606. The van der Waals surface area contributed by atoms with Crippen molar-refractivity contribution in [3.05, 3.63) is 51.6 Å². The van der Waals surface area contributed by atoms with Gasteiger partial charge in [0.15, 0.2) is 35.4 Å². The molecule has 31 heavy (non-hydrogen) atoms. The predicted molar refractivity (Wildman–Crippen MR) is 107 cm³/mol. The standard InChI is InChI=1S/C21H21NO9/c1-3-28-20-10-14(15(22(25)26)11-18(20)27-2)21(24)31-12-16(23)13-5-6-17-19(9-13)30-8-4-7-29-17/h5-6,9-11H,3-4,7-8,12H2,1-2H3. The lowest BCUT2D eigenvalue weighted by Crippen LogP contribution is -2.16. The number of rotatable bonds is 8. The van der Waals surface area contributed by atoms with Crippen LogP contribution in [-0.4, -0.2) is 50.2 Å². The summed E-state index contributed by atoms with van der Waals surface area (Å²) in [6.45, 7) is 2.34. The summed E-state index contributed by atoms with van der Waals surface area (Å²) in [7, 11) is 1.33. The Kier molecular flexibility index (Phi) is 6.91. The van der Waals surface area contributed by atoms with E-state index >= 15 is 0 Å². The van der Waals surface area contributed by atoms with Crippen molar-refractivity contribution in [2.45, 2.75) is 13.3 Å². The molecular weight excluding hydrogens is 410 g/mol. The molecule has 2 aromatic rings. The van der Waals surface area contributed by atoms with Gasteiger partial charge in [0.2, 0.25) is 0 Å². The van der Waals surface area contributed by atoms with Crippen molar-refractivity contribution in [2.24, 2.45) is 0 Å². The summed E-state index contributed by atoms with van der Waals surface area (Å²) in [6.07, 6.45) is 0.722. The van der Waals surface area contributed by atoms with Crippen LogP contribution in [0.3, 0.4) is 0 Å². The number of carbonyl (C=O) groups is 2. The fourth-order valence-corrected chi connectivity index (χ4v) is 2.92. The summed E-state index contributed by atoms with van der Waals surface area (Å²) in [5.74, 6) is -0.307. The highest BCUT2D eigenvalue weighted by Crippen LogP contribution is 2.35. The molecule has 0 fully saturated rings. The van der Waals surface area contributed by atoms with Gasteiger partial charge in [-0.1, -0.05) is 0 Å². The Morgan fingerprint density at radius 1 is 1.10 bits per heavy atom. The highest BCUT2D eigenvalue weighted by Gasteiger charge is 2.26. The number of benzene rings is 2. The molecule has 164 valence electrons. The smallest absolute Gasteiger partial charge is 0.345 e. The number of Topliss-reactive ketones (excluding diaryl/α,β-unsaturated/α-hetero) is 1. The molecule has 0 aromatic heterocycles. The average Bonchev–Trinajstić information content (AvgIpc) is 3.01. The number of carbonyl (C=O) groups excluding carboxylic acids is 2. The van der Waals surface area contributed by atoms with E-state index in [1.807, 2.05) is 0 Å². The third-order valence-corrected chi connectivity index (χ3v) is 4.40. The van der Waals surface area contributed by atoms with E-state index in [1.165, 1.54) is 25.3 Å². The van der Waals surface area contributed by atoms with Gasteiger partial charge >= 0.3 is 5.97 Å². The number of nitrogens with zero attached hydrogens (tertiary/aromatic N) is 1. The van der Waals surface area contributed by atoms with Crippen LogP contribution in [0.25, 0.3) is 0 Å². The van der Waals surface area contributed by atoms with Crippen LogP contribution < -0.4 is 18.9 Å². The second-order valence-corrected chi connectivity index (χ2v) is 6.42. The van der Waals surface area contributed by atoms with Crippen LogP contribution >= 0.6 is 0 Å². The molecule has 1 aliphatic heterocycles. The Bertz CT molecular complexity index is 1000. The Morgan fingerprint density at radius 3 is 2.52 bits per heavy atom. The largest absolute Gasteiger partial charge is 0.493 e.